The highest BCUT2D eigenvalue weighted by molar-refractivity contribution is 7.07. The number of likely N-dealkylation sites (tertiary alicyclic amines) is 1. The van der Waals surface area contributed by atoms with Crippen molar-refractivity contribution in [3.05, 3.63) is 70.8 Å². The molecule has 0 saturated carbocycles. The molecule has 4 rings (SSSR count). The van der Waals surface area contributed by atoms with Gasteiger partial charge >= 0.3 is 24.3 Å². The molecule has 0 bridgehead atoms. The van der Waals surface area contributed by atoms with Gasteiger partial charge in [-0.15, -0.1) is 0 Å². The number of anilines is 1. The summed E-state index contributed by atoms with van der Waals surface area (Å²) < 4.78 is 65.2. The van der Waals surface area contributed by atoms with E-state index in [1.54, 1.807) is 30.9 Å². The molecular weight excluding hydrogens is 702 g/mol. The number of amides is 3. The fourth-order valence-corrected chi connectivity index (χ4v) is 4.82. The first-order valence-corrected chi connectivity index (χ1v) is 15.4. The maximum atomic E-state index is 13.4. The molecule has 1 aromatic carbocycles. The van der Waals surface area contributed by atoms with Crippen LogP contribution in [-0.4, -0.2) is 91.3 Å². The van der Waals surface area contributed by atoms with Crippen LogP contribution in [0, 0.1) is 0 Å². The van der Waals surface area contributed by atoms with Crippen molar-refractivity contribution in [2.75, 3.05) is 18.4 Å². The Morgan fingerprint density at radius 3 is 1.94 bits per heavy atom. The number of carboxylic acid groups (broad SMARTS) is 2. The summed E-state index contributed by atoms with van der Waals surface area (Å²) in [6.07, 6.45) is -4.65. The number of rotatable bonds is 9. The van der Waals surface area contributed by atoms with Crippen molar-refractivity contribution < 1.29 is 60.5 Å². The fraction of sp³-hybridized carbons (Fsp3) is 0.400. The molecule has 3 heterocycles. The third-order valence-corrected chi connectivity index (χ3v) is 7.36. The van der Waals surface area contributed by atoms with Crippen molar-refractivity contribution in [1.82, 2.24) is 19.8 Å². The zero-order valence-corrected chi connectivity index (χ0v) is 27.3. The Morgan fingerprint density at radius 1 is 0.940 bits per heavy atom. The number of hydrogen-bond donors (Lipinski definition) is 5. The Labute approximate surface area is 285 Å². The maximum absolute atomic E-state index is 13.4. The highest BCUT2D eigenvalue weighted by Gasteiger charge is 2.39. The lowest BCUT2D eigenvalue weighted by Crippen LogP contribution is -2.55. The average Bonchev–Trinajstić information content (AvgIpc) is 3.81. The van der Waals surface area contributed by atoms with E-state index >= 15 is 0 Å². The topological polar surface area (TPSA) is 197 Å². The lowest BCUT2D eigenvalue weighted by molar-refractivity contribution is -0.193. The van der Waals surface area contributed by atoms with Gasteiger partial charge in [0.1, 0.15) is 12.1 Å². The Morgan fingerprint density at radius 2 is 1.48 bits per heavy atom. The smallest absolute Gasteiger partial charge is 0.475 e. The fourth-order valence-electron chi connectivity index (χ4n) is 4.14. The minimum atomic E-state index is -5.08. The molecule has 6 N–H and O–H groups in total. The minimum Gasteiger partial charge on any atom is -0.475 e. The largest absolute Gasteiger partial charge is 0.490 e. The van der Waals surface area contributed by atoms with Crippen LogP contribution < -0.4 is 16.4 Å². The predicted molar refractivity (Wildman–Crippen MR) is 167 cm³/mol. The lowest BCUT2D eigenvalue weighted by Gasteiger charge is -2.24. The van der Waals surface area contributed by atoms with Gasteiger partial charge < -0.3 is 36.0 Å². The quantitative estimate of drug-likeness (QED) is 0.203. The van der Waals surface area contributed by atoms with Crippen LogP contribution in [0.3, 0.4) is 0 Å². The molecule has 1 aliphatic rings. The summed E-state index contributed by atoms with van der Waals surface area (Å²) in [5.41, 5.74) is 6.58. The summed E-state index contributed by atoms with van der Waals surface area (Å²) in [5, 5.41) is 23.7. The molecule has 274 valence electrons. The van der Waals surface area contributed by atoms with Crippen LogP contribution in [0.1, 0.15) is 43.9 Å². The molecule has 20 heteroatoms. The van der Waals surface area contributed by atoms with Gasteiger partial charge in [-0.2, -0.15) is 37.7 Å². The molecule has 0 radical (unpaired) electrons. The predicted octanol–water partition coefficient (Wildman–Crippen LogP) is 3.83. The number of hydrogen-bond acceptors (Lipinski definition) is 8. The van der Waals surface area contributed by atoms with Crippen molar-refractivity contribution in [1.29, 1.82) is 0 Å². The molecule has 2 atom stereocenters. The summed E-state index contributed by atoms with van der Waals surface area (Å²) in [4.78, 5) is 63.2. The third-order valence-electron chi connectivity index (χ3n) is 6.63. The molecule has 1 aliphatic heterocycles. The molecule has 50 heavy (non-hydrogen) atoms. The summed E-state index contributed by atoms with van der Waals surface area (Å²) in [6, 6.07) is 10.0. The van der Waals surface area contributed by atoms with Crippen molar-refractivity contribution >= 4 is 46.8 Å². The Kier molecular flexibility index (Phi) is 14.5. The molecule has 0 spiro atoms. The number of benzene rings is 1. The number of halogens is 6. The van der Waals surface area contributed by atoms with E-state index in [2.05, 4.69) is 15.6 Å². The minimum absolute atomic E-state index is 0.00162. The molecule has 3 amide bonds. The van der Waals surface area contributed by atoms with Crippen molar-refractivity contribution in [2.24, 2.45) is 5.73 Å². The zero-order chi connectivity index (χ0) is 37.9. The van der Waals surface area contributed by atoms with E-state index in [9.17, 15) is 40.7 Å². The van der Waals surface area contributed by atoms with Crippen LogP contribution in [0.5, 0.6) is 0 Å². The molecule has 13 nitrogen and oxygen atoms in total. The van der Waals surface area contributed by atoms with E-state index in [1.807, 2.05) is 52.1 Å². The van der Waals surface area contributed by atoms with E-state index in [4.69, 9.17) is 25.5 Å². The second-order valence-electron chi connectivity index (χ2n) is 11.2. The highest BCUT2D eigenvalue weighted by Crippen LogP contribution is 2.25. The average molecular weight is 737 g/mol. The summed E-state index contributed by atoms with van der Waals surface area (Å²) in [5.74, 6) is -6.05. The number of nitrogens with zero attached hydrogens (tertiary/aromatic N) is 3. The van der Waals surface area contributed by atoms with Gasteiger partial charge in [-0.1, -0.05) is 30.3 Å². The standard InChI is InChI=1S/C26H32N6O3S.2C2HF3O2/c1-26(2,27)25(35)29-20(14-18-10-13-36-16-18)23(33)30-21-15-32(17-28-21)22(19-8-4-3-5-9-19)24(34)31-11-6-7-12-31;2*3-2(4,5)1(6)7/h3-5,8-10,13,15-17,20,22H,6-7,11-12,14,27H2,1-2H3,(H,29,35)(H,30,33);2*(H,6,7)/t20-,22?;;/m1../s1. The summed E-state index contributed by atoms with van der Waals surface area (Å²) >= 11 is 1.52. The Hall–Kier alpha value is -4.98. The number of imidazole rings is 1. The van der Waals surface area contributed by atoms with Gasteiger partial charge in [0.2, 0.25) is 17.7 Å². The molecular formula is C30H34F6N6O7S. The van der Waals surface area contributed by atoms with Gasteiger partial charge in [0.15, 0.2) is 5.82 Å². The van der Waals surface area contributed by atoms with Crippen LogP contribution in [0.4, 0.5) is 32.2 Å². The molecule has 2 aromatic heterocycles. The maximum Gasteiger partial charge on any atom is 0.490 e. The van der Waals surface area contributed by atoms with Gasteiger partial charge in [-0.25, -0.2) is 14.6 Å². The number of carboxylic acids is 2. The molecule has 1 saturated heterocycles. The van der Waals surface area contributed by atoms with Crippen LogP contribution in [0.2, 0.25) is 0 Å². The summed E-state index contributed by atoms with van der Waals surface area (Å²) in [7, 11) is 0. The number of aromatic nitrogens is 2. The van der Waals surface area contributed by atoms with Crippen LogP contribution >= 0.6 is 11.3 Å². The highest BCUT2D eigenvalue weighted by atomic mass is 32.1. The first-order valence-electron chi connectivity index (χ1n) is 14.5. The van der Waals surface area contributed by atoms with E-state index in [1.165, 1.54) is 11.3 Å². The normalized spacial score (nSPS) is 14.2. The molecule has 1 fully saturated rings. The van der Waals surface area contributed by atoms with Crippen LogP contribution in [-0.2, 0) is 30.4 Å². The lowest BCUT2D eigenvalue weighted by atomic mass is 10.0. The first-order chi connectivity index (χ1) is 23.1. The van der Waals surface area contributed by atoms with Gasteiger partial charge in [0.05, 0.1) is 11.9 Å². The van der Waals surface area contributed by atoms with Crippen molar-refractivity contribution in [3.8, 4) is 0 Å². The van der Waals surface area contributed by atoms with Gasteiger partial charge in [-0.05, 0) is 54.6 Å². The molecule has 0 aliphatic carbocycles. The Bertz CT molecular complexity index is 1560. The number of thiophene rings is 1. The van der Waals surface area contributed by atoms with Crippen LogP contribution in [0.25, 0.3) is 0 Å². The number of alkyl halides is 6. The van der Waals surface area contributed by atoms with Gasteiger partial charge in [0.25, 0.3) is 0 Å². The Balaban J connectivity index is 0.000000521. The summed E-state index contributed by atoms with van der Waals surface area (Å²) in [6.45, 7) is 4.65. The van der Waals surface area contributed by atoms with E-state index in [0.29, 0.717) is 12.2 Å². The van der Waals surface area contributed by atoms with E-state index < -0.39 is 53.7 Å². The third kappa shape index (κ3) is 13.1. The monoisotopic (exact) mass is 736 g/mol. The second-order valence-corrected chi connectivity index (χ2v) is 12.0. The van der Waals surface area contributed by atoms with Crippen LogP contribution in [0.15, 0.2) is 59.7 Å². The van der Waals surface area contributed by atoms with Gasteiger partial charge in [0, 0.05) is 25.7 Å². The number of aliphatic carboxylic acids is 2. The van der Waals surface area contributed by atoms with Crippen molar-refractivity contribution in [3.63, 3.8) is 0 Å². The number of carbonyl (C=O) groups is 5. The van der Waals surface area contributed by atoms with Crippen molar-refractivity contribution in [2.45, 2.75) is 63.1 Å². The molecule has 1 unspecified atom stereocenters. The SMILES string of the molecule is CC(C)(N)C(=O)N[C@H](Cc1ccsc1)C(=O)Nc1cn(C(C(=O)N2CCCC2)c2ccccc2)cn1.O=C(O)C(F)(F)F.O=C(O)C(F)(F)F. The number of nitrogens with one attached hydrogen (secondary N) is 2. The zero-order valence-electron chi connectivity index (χ0n) is 26.5. The van der Waals surface area contributed by atoms with E-state index in [-0.39, 0.29) is 5.91 Å². The van der Waals surface area contributed by atoms with Gasteiger partial charge in [-0.3, -0.25) is 14.4 Å². The first kappa shape index (κ1) is 41.2. The second kappa shape index (κ2) is 17.6. The number of nitrogens with two attached hydrogens (primary N) is 1. The van der Waals surface area contributed by atoms with E-state index in [0.717, 1.165) is 37.1 Å². The number of carbonyl (C=O) groups excluding carboxylic acids is 3. The molecule has 3 aromatic rings.